The summed E-state index contributed by atoms with van der Waals surface area (Å²) in [6.45, 7) is 4.30. The molecule has 2 rings (SSSR count). The smallest absolute Gasteiger partial charge is 0.131 e. The van der Waals surface area contributed by atoms with E-state index in [1.165, 1.54) is 0 Å². The Morgan fingerprint density at radius 2 is 1.82 bits per heavy atom. The molecule has 0 saturated carbocycles. The molecule has 0 aliphatic rings. The number of benzene rings is 1. The summed E-state index contributed by atoms with van der Waals surface area (Å²) in [5.74, 6) is 1.88. The van der Waals surface area contributed by atoms with Gasteiger partial charge in [-0.1, -0.05) is 44.2 Å². The highest BCUT2D eigenvalue weighted by molar-refractivity contribution is 5.61. The van der Waals surface area contributed by atoms with E-state index >= 15 is 0 Å². The molecule has 0 spiro atoms. The maximum atomic E-state index is 5.82. The molecule has 0 aliphatic carbocycles. The molecule has 3 nitrogen and oxygen atoms in total. The molecule has 2 aromatic rings. The first-order chi connectivity index (χ1) is 8.15. The van der Waals surface area contributed by atoms with Gasteiger partial charge in [-0.25, -0.2) is 9.97 Å². The van der Waals surface area contributed by atoms with Crippen molar-refractivity contribution in [3.63, 3.8) is 0 Å². The van der Waals surface area contributed by atoms with Gasteiger partial charge in [0, 0.05) is 18.1 Å². The number of hydrogen-bond donors (Lipinski definition) is 1. The molecule has 1 aromatic heterocycles. The molecule has 0 saturated heterocycles. The Hall–Kier alpha value is -1.90. The number of nitrogen functional groups attached to an aromatic ring is 1. The minimum atomic E-state index is 0.528. The monoisotopic (exact) mass is 227 g/mol. The summed E-state index contributed by atoms with van der Waals surface area (Å²) in [6.07, 6.45) is 0.852. The van der Waals surface area contributed by atoms with Crippen molar-refractivity contribution in [3.8, 4) is 11.3 Å². The number of rotatable bonds is 3. The zero-order valence-electron chi connectivity index (χ0n) is 10.2. The van der Waals surface area contributed by atoms with E-state index in [9.17, 15) is 0 Å². The van der Waals surface area contributed by atoms with Crippen molar-refractivity contribution in [3.05, 3.63) is 42.2 Å². The molecule has 0 radical (unpaired) electrons. The Kier molecular flexibility index (Phi) is 3.38. The molecule has 0 bridgehead atoms. The fourth-order valence-corrected chi connectivity index (χ4v) is 1.73. The Morgan fingerprint density at radius 1 is 1.12 bits per heavy atom. The van der Waals surface area contributed by atoms with Crippen LogP contribution in [-0.4, -0.2) is 9.97 Å². The number of nitrogens with two attached hydrogens (primary N) is 1. The fourth-order valence-electron chi connectivity index (χ4n) is 1.73. The van der Waals surface area contributed by atoms with Gasteiger partial charge in [0.2, 0.25) is 0 Å². The maximum absolute atomic E-state index is 5.82. The summed E-state index contributed by atoms with van der Waals surface area (Å²) in [5, 5.41) is 0. The molecule has 0 atom stereocenters. The second-order valence-electron chi connectivity index (χ2n) is 4.56. The van der Waals surface area contributed by atoms with Crippen molar-refractivity contribution in [2.24, 2.45) is 5.92 Å². The van der Waals surface area contributed by atoms with Gasteiger partial charge >= 0.3 is 0 Å². The average molecular weight is 227 g/mol. The molecule has 17 heavy (non-hydrogen) atoms. The van der Waals surface area contributed by atoms with Crippen molar-refractivity contribution >= 4 is 5.82 Å². The molecule has 1 heterocycles. The first kappa shape index (κ1) is 11.6. The highest BCUT2D eigenvalue weighted by Crippen LogP contribution is 2.19. The Balaban J connectivity index is 2.38. The van der Waals surface area contributed by atoms with E-state index in [2.05, 4.69) is 23.8 Å². The van der Waals surface area contributed by atoms with Gasteiger partial charge in [0.25, 0.3) is 0 Å². The van der Waals surface area contributed by atoms with E-state index in [-0.39, 0.29) is 0 Å². The molecule has 2 N–H and O–H groups in total. The van der Waals surface area contributed by atoms with Gasteiger partial charge in [-0.3, -0.25) is 0 Å². The lowest BCUT2D eigenvalue weighted by Crippen LogP contribution is -2.04. The van der Waals surface area contributed by atoms with Crippen LogP contribution < -0.4 is 5.73 Å². The van der Waals surface area contributed by atoms with E-state index in [1.807, 2.05) is 36.4 Å². The quantitative estimate of drug-likeness (QED) is 0.877. The number of anilines is 1. The fraction of sp³-hybridized carbons (Fsp3) is 0.286. The van der Waals surface area contributed by atoms with Crippen LogP contribution in [0.15, 0.2) is 36.4 Å². The summed E-state index contributed by atoms with van der Waals surface area (Å²) in [5.41, 5.74) is 7.79. The summed E-state index contributed by atoms with van der Waals surface area (Å²) in [4.78, 5) is 8.82. The lowest BCUT2D eigenvalue weighted by Gasteiger charge is -2.07. The van der Waals surface area contributed by atoms with Gasteiger partial charge in [-0.15, -0.1) is 0 Å². The van der Waals surface area contributed by atoms with Gasteiger partial charge in [0.05, 0.1) is 5.69 Å². The van der Waals surface area contributed by atoms with E-state index in [0.717, 1.165) is 23.5 Å². The second kappa shape index (κ2) is 4.95. The normalized spacial score (nSPS) is 10.8. The molecular formula is C14H17N3. The summed E-state index contributed by atoms with van der Waals surface area (Å²) in [6, 6.07) is 11.9. The molecule has 88 valence electrons. The minimum Gasteiger partial charge on any atom is -0.384 e. The van der Waals surface area contributed by atoms with Crippen LogP contribution in [0.5, 0.6) is 0 Å². The molecule has 0 unspecified atom stereocenters. The largest absolute Gasteiger partial charge is 0.384 e. The van der Waals surface area contributed by atoms with Crippen LogP contribution in [0.25, 0.3) is 11.3 Å². The highest BCUT2D eigenvalue weighted by atomic mass is 14.9. The molecule has 3 heteroatoms. The van der Waals surface area contributed by atoms with E-state index in [4.69, 9.17) is 5.73 Å². The lowest BCUT2D eigenvalue weighted by molar-refractivity contribution is 0.622. The molecular weight excluding hydrogens is 210 g/mol. The van der Waals surface area contributed by atoms with Crippen LogP contribution in [0, 0.1) is 5.92 Å². The predicted molar refractivity (Wildman–Crippen MR) is 70.4 cm³/mol. The standard InChI is InChI=1S/C14H17N3/c1-10(2)8-14-16-12(9-13(15)17-14)11-6-4-3-5-7-11/h3-7,9-10H,8H2,1-2H3,(H2,15,16,17). The van der Waals surface area contributed by atoms with Crippen molar-refractivity contribution in [1.29, 1.82) is 0 Å². The summed E-state index contributed by atoms with van der Waals surface area (Å²) >= 11 is 0. The Bertz CT molecular complexity index is 492. The van der Waals surface area contributed by atoms with Crippen molar-refractivity contribution in [2.75, 3.05) is 5.73 Å². The zero-order chi connectivity index (χ0) is 12.3. The van der Waals surface area contributed by atoms with E-state index in [0.29, 0.717) is 11.7 Å². The zero-order valence-corrected chi connectivity index (χ0v) is 10.2. The van der Waals surface area contributed by atoms with Crippen molar-refractivity contribution in [1.82, 2.24) is 9.97 Å². The van der Waals surface area contributed by atoms with Gasteiger partial charge in [0.15, 0.2) is 0 Å². The van der Waals surface area contributed by atoms with Crippen molar-refractivity contribution in [2.45, 2.75) is 20.3 Å². The van der Waals surface area contributed by atoms with E-state index < -0.39 is 0 Å². The van der Waals surface area contributed by atoms with Crippen LogP contribution in [-0.2, 0) is 6.42 Å². The molecule has 0 fully saturated rings. The Labute approximate surface area is 102 Å². The molecule has 1 aromatic carbocycles. The van der Waals surface area contributed by atoms with Crippen LogP contribution >= 0.6 is 0 Å². The summed E-state index contributed by atoms with van der Waals surface area (Å²) < 4.78 is 0. The minimum absolute atomic E-state index is 0.528. The van der Waals surface area contributed by atoms with Gasteiger partial charge in [0.1, 0.15) is 11.6 Å². The maximum Gasteiger partial charge on any atom is 0.131 e. The SMILES string of the molecule is CC(C)Cc1nc(N)cc(-c2ccccc2)n1. The number of hydrogen-bond acceptors (Lipinski definition) is 3. The Morgan fingerprint density at radius 3 is 2.47 bits per heavy atom. The predicted octanol–water partition coefficient (Wildman–Crippen LogP) is 2.92. The van der Waals surface area contributed by atoms with Gasteiger partial charge in [-0.2, -0.15) is 0 Å². The van der Waals surface area contributed by atoms with Crippen LogP contribution in [0.4, 0.5) is 5.82 Å². The first-order valence-corrected chi connectivity index (χ1v) is 5.84. The van der Waals surface area contributed by atoms with Gasteiger partial charge in [-0.05, 0) is 5.92 Å². The lowest BCUT2D eigenvalue weighted by atomic mass is 10.1. The number of aromatic nitrogens is 2. The molecule has 0 aliphatic heterocycles. The summed E-state index contributed by atoms with van der Waals surface area (Å²) in [7, 11) is 0. The van der Waals surface area contributed by atoms with Crippen molar-refractivity contribution < 1.29 is 0 Å². The van der Waals surface area contributed by atoms with Crippen LogP contribution in [0.1, 0.15) is 19.7 Å². The molecule has 0 amide bonds. The highest BCUT2D eigenvalue weighted by Gasteiger charge is 2.06. The third-order valence-corrected chi connectivity index (χ3v) is 2.45. The average Bonchev–Trinajstić information content (AvgIpc) is 2.28. The first-order valence-electron chi connectivity index (χ1n) is 5.84. The van der Waals surface area contributed by atoms with Crippen LogP contribution in [0.2, 0.25) is 0 Å². The third-order valence-electron chi connectivity index (χ3n) is 2.45. The topological polar surface area (TPSA) is 51.8 Å². The van der Waals surface area contributed by atoms with Gasteiger partial charge < -0.3 is 5.73 Å². The van der Waals surface area contributed by atoms with E-state index in [1.54, 1.807) is 0 Å². The second-order valence-corrected chi connectivity index (χ2v) is 4.56. The number of nitrogens with zero attached hydrogens (tertiary/aromatic N) is 2. The van der Waals surface area contributed by atoms with Crippen LogP contribution in [0.3, 0.4) is 0 Å². The third kappa shape index (κ3) is 3.03.